The van der Waals surface area contributed by atoms with Crippen molar-refractivity contribution in [2.45, 2.75) is 25.8 Å². The zero-order valence-electron chi connectivity index (χ0n) is 14.7. The first-order chi connectivity index (χ1) is 11.7. The van der Waals surface area contributed by atoms with Crippen LogP contribution in [0.4, 0.5) is 0 Å². The molecule has 2 aliphatic heterocycles. The van der Waals surface area contributed by atoms with Crippen LogP contribution in [0.2, 0.25) is 0 Å². The number of carbonyl (C=O) groups is 1. The van der Waals surface area contributed by atoms with Gasteiger partial charge in [0.15, 0.2) is 0 Å². The summed E-state index contributed by atoms with van der Waals surface area (Å²) in [5, 5.41) is 0. The Bertz CT molecular complexity index is 540. The first-order valence-electron chi connectivity index (χ1n) is 8.88. The average Bonchev–Trinajstić information content (AvgIpc) is 2.63. The van der Waals surface area contributed by atoms with Crippen LogP contribution < -0.4 is 4.74 Å². The summed E-state index contributed by atoms with van der Waals surface area (Å²) < 4.78 is 10.8. The molecule has 0 saturated carbocycles. The molecule has 1 atom stereocenters. The third-order valence-corrected chi connectivity index (χ3v) is 5.27. The summed E-state index contributed by atoms with van der Waals surface area (Å²) in [6.45, 7) is 7.05. The van der Waals surface area contributed by atoms with Crippen LogP contribution in [0.25, 0.3) is 0 Å². The molecule has 1 amide bonds. The topological polar surface area (TPSA) is 42.0 Å². The molecule has 1 aromatic carbocycles. The molecule has 0 bridgehead atoms. The van der Waals surface area contributed by atoms with E-state index >= 15 is 0 Å². The van der Waals surface area contributed by atoms with E-state index in [1.165, 1.54) is 5.56 Å². The van der Waals surface area contributed by atoms with Gasteiger partial charge < -0.3 is 14.4 Å². The SMILES string of the molecule is COc1ccc([C@@H]2CN(C(C)=O)CCN2CC2CCOCC2)cc1. The third-order valence-electron chi connectivity index (χ3n) is 5.27. The van der Waals surface area contributed by atoms with Crippen molar-refractivity contribution in [2.24, 2.45) is 5.92 Å². The summed E-state index contributed by atoms with van der Waals surface area (Å²) in [5.74, 6) is 1.73. The molecule has 1 aromatic rings. The van der Waals surface area contributed by atoms with Crippen molar-refractivity contribution in [1.29, 1.82) is 0 Å². The van der Waals surface area contributed by atoms with Crippen LogP contribution >= 0.6 is 0 Å². The Hall–Kier alpha value is -1.59. The molecule has 2 saturated heterocycles. The van der Waals surface area contributed by atoms with Crippen LogP contribution in [-0.4, -0.2) is 62.2 Å². The molecule has 0 spiro atoms. The van der Waals surface area contributed by atoms with Crippen molar-refractivity contribution >= 4 is 5.91 Å². The maximum Gasteiger partial charge on any atom is 0.219 e. The van der Waals surface area contributed by atoms with E-state index in [-0.39, 0.29) is 11.9 Å². The molecule has 3 rings (SSSR count). The molecule has 0 unspecified atom stereocenters. The molecule has 0 radical (unpaired) electrons. The predicted octanol–water partition coefficient (Wildman–Crippen LogP) is 2.33. The van der Waals surface area contributed by atoms with E-state index < -0.39 is 0 Å². The first-order valence-corrected chi connectivity index (χ1v) is 8.88. The van der Waals surface area contributed by atoms with Gasteiger partial charge in [-0.3, -0.25) is 9.69 Å². The number of hydrogen-bond acceptors (Lipinski definition) is 4. The summed E-state index contributed by atoms with van der Waals surface area (Å²) in [4.78, 5) is 16.4. The van der Waals surface area contributed by atoms with Gasteiger partial charge in [0.1, 0.15) is 5.75 Å². The van der Waals surface area contributed by atoms with Crippen molar-refractivity contribution in [1.82, 2.24) is 9.80 Å². The second-order valence-electron chi connectivity index (χ2n) is 6.80. The zero-order valence-corrected chi connectivity index (χ0v) is 14.7. The minimum absolute atomic E-state index is 0.166. The van der Waals surface area contributed by atoms with Crippen LogP contribution in [0, 0.1) is 5.92 Å². The maximum atomic E-state index is 11.8. The molecule has 2 fully saturated rings. The Balaban J connectivity index is 1.75. The number of methoxy groups -OCH3 is 1. The van der Waals surface area contributed by atoms with E-state index in [2.05, 4.69) is 17.0 Å². The highest BCUT2D eigenvalue weighted by Gasteiger charge is 2.31. The van der Waals surface area contributed by atoms with E-state index in [4.69, 9.17) is 9.47 Å². The number of amides is 1. The van der Waals surface area contributed by atoms with Crippen LogP contribution in [0.15, 0.2) is 24.3 Å². The first kappa shape index (κ1) is 17.2. The molecule has 2 heterocycles. The van der Waals surface area contributed by atoms with E-state index in [1.807, 2.05) is 17.0 Å². The molecule has 0 aromatic heterocycles. The van der Waals surface area contributed by atoms with E-state index in [0.29, 0.717) is 5.92 Å². The van der Waals surface area contributed by atoms with Crippen molar-refractivity contribution in [3.05, 3.63) is 29.8 Å². The van der Waals surface area contributed by atoms with Crippen LogP contribution in [0.5, 0.6) is 5.75 Å². The fourth-order valence-electron chi connectivity index (χ4n) is 3.73. The van der Waals surface area contributed by atoms with Crippen molar-refractivity contribution < 1.29 is 14.3 Å². The Kier molecular flexibility index (Phi) is 5.74. The lowest BCUT2D eigenvalue weighted by Crippen LogP contribution is -2.51. The molecule has 0 aliphatic carbocycles. The number of carbonyl (C=O) groups excluding carboxylic acids is 1. The highest BCUT2D eigenvalue weighted by atomic mass is 16.5. The Labute approximate surface area is 144 Å². The third kappa shape index (κ3) is 4.08. The Morgan fingerprint density at radius 2 is 1.92 bits per heavy atom. The number of rotatable bonds is 4. The second kappa shape index (κ2) is 7.99. The fraction of sp³-hybridized carbons (Fsp3) is 0.632. The zero-order chi connectivity index (χ0) is 16.9. The maximum absolute atomic E-state index is 11.8. The van der Waals surface area contributed by atoms with E-state index in [1.54, 1.807) is 14.0 Å². The van der Waals surface area contributed by atoms with Crippen LogP contribution in [0.1, 0.15) is 31.4 Å². The van der Waals surface area contributed by atoms with Gasteiger partial charge in [-0.1, -0.05) is 12.1 Å². The molecule has 5 nitrogen and oxygen atoms in total. The largest absolute Gasteiger partial charge is 0.497 e. The fourth-order valence-corrected chi connectivity index (χ4v) is 3.73. The summed E-state index contributed by atoms with van der Waals surface area (Å²) in [7, 11) is 1.69. The van der Waals surface area contributed by atoms with Crippen molar-refractivity contribution in [3.8, 4) is 5.75 Å². The average molecular weight is 332 g/mol. The monoisotopic (exact) mass is 332 g/mol. The lowest BCUT2D eigenvalue weighted by molar-refractivity contribution is -0.132. The number of nitrogens with zero attached hydrogens (tertiary/aromatic N) is 2. The van der Waals surface area contributed by atoms with E-state index in [9.17, 15) is 4.79 Å². The highest BCUT2D eigenvalue weighted by Crippen LogP contribution is 2.29. The molecular formula is C19H28N2O3. The van der Waals surface area contributed by atoms with Gasteiger partial charge in [-0.15, -0.1) is 0 Å². The standard InChI is InChI=1S/C19H28N2O3/c1-15(22)20-9-10-21(13-16-7-11-24-12-8-16)19(14-20)17-3-5-18(23-2)6-4-17/h3-6,16,19H,7-14H2,1-2H3/t19-/m0/s1. The Morgan fingerprint density at radius 3 is 2.54 bits per heavy atom. The summed E-state index contributed by atoms with van der Waals surface area (Å²) in [5.41, 5.74) is 1.26. The van der Waals surface area contributed by atoms with Crippen molar-refractivity contribution in [2.75, 3.05) is 46.5 Å². The van der Waals surface area contributed by atoms with E-state index in [0.717, 1.165) is 58.0 Å². The highest BCUT2D eigenvalue weighted by molar-refractivity contribution is 5.73. The normalized spacial score (nSPS) is 23.2. The Morgan fingerprint density at radius 1 is 1.21 bits per heavy atom. The molecule has 5 heteroatoms. The number of benzene rings is 1. The number of ether oxygens (including phenoxy) is 2. The van der Waals surface area contributed by atoms with Crippen molar-refractivity contribution in [3.63, 3.8) is 0 Å². The van der Waals surface area contributed by atoms with Crippen LogP contribution in [-0.2, 0) is 9.53 Å². The van der Waals surface area contributed by atoms with Gasteiger partial charge in [-0.2, -0.15) is 0 Å². The van der Waals surface area contributed by atoms with Gasteiger partial charge in [0.05, 0.1) is 13.2 Å². The minimum Gasteiger partial charge on any atom is -0.497 e. The quantitative estimate of drug-likeness (QED) is 0.849. The lowest BCUT2D eigenvalue weighted by atomic mass is 9.96. The van der Waals surface area contributed by atoms with Gasteiger partial charge in [0.25, 0.3) is 0 Å². The molecule has 0 N–H and O–H groups in total. The second-order valence-corrected chi connectivity index (χ2v) is 6.80. The van der Waals surface area contributed by atoms with Gasteiger partial charge >= 0.3 is 0 Å². The smallest absolute Gasteiger partial charge is 0.219 e. The molecular weight excluding hydrogens is 304 g/mol. The predicted molar refractivity (Wildman–Crippen MR) is 93.1 cm³/mol. The van der Waals surface area contributed by atoms with Gasteiger partial charge in [0, 0.05) is 46.3 Å². The summed E-state index contributed by atoms with van der Waals surface area (Å²) in [6, 6.07) is 8.54. The lowest BCUT2D eigenvalue weighted by Gasteiger charge is -2.43. The summed E-state index contributed by atoms with van der Waals surface area (Å²) in [6.07, 6.45) is 2.28. The van der Waals surface area contributed by atoms with Gasteiger partial charge in [0.2, 0.25) is 5.91 Å². The number of hydrogen-bond donors (Lipinski definition) is 0. The summed E-state index contributed by atoms with van der Waals surface area (Å²) >= 11 is 0. The minimum atomic E-state index is 0.166. The van der Waals surface area contributed by atoms with Crippen LogP contribution in [0.3, 0.4) is 0 Å². The molecule has 2 aliphatic rings. The van der Waals surface area contributed by atoms with Gasteiger partial charge in [-0.05, 0) is 36.5 Å². The number of piperazine rings is 1. The molecule has 24 heavy (non-hydrogen) atoms. The van der Waals surface area contributed by atoms with Gasteiger partial charge in [-0.25, -0.2) is 0 Å². The molecule has 132 valence electrons.